The maximum Gasteiger partial charge on any atom is 0.573 e. The molecule has 1 aromatic heterocycles. The fraction of sp³-hybridized carbons (Fsp3) is 0.214. The highest BCUT2D eigenvalue weighted by molar-refractivity contribution is 5.60. The van der Waals surface area contributed by atoms with E-state index in [4.69, 9.17) is 5.11 Å². The van der Waals surface area contributed by atoms with Gasteiger partial charge in [-0.05, 0) is 30.3 Å². The van der Waals surface area contributed by atoms with E-state index in [9.17, 15) is 26.3 Å². The summed E-state index contributed by atoms with van der Waals surface area (Å²) in [6.07, 6.45) is -9.61. The van der Waals surface area contributed by atoms with Crippen molar-refractivity contribution >= 4 is 0 Å². The molecule has 0 spiro atoms. The van der Waals surface area contributed by atoms with Gasteiger partial charge in [0.15, 0.2) is 5.69 Å². The Balaban J connectivity index is 2.35. The standard InChI is InChI=1S/C14H9F6NO2/c15-13(16,17)12-9(7-22)3-6-11(21-12)8-1-4-10(5-2-8)23-14(18,19)20/h1-6,22H,7H2. The maximum absolute atomic E-state index is 12.9. The molecule has 0 bridgehead atoms. The topological polar surface area (TPSA) is 42.4 Å². The summed E-state index contributed by atoms with van der Waals surface area (Å²) in [6, 6.07) is 6.55. The summed E-state index contributed by atoms with van der Waals surface area (Å²) in [5.74, 6) is -0.496. The van der Waals surface area contributed by atoms with Gasteiger partial charge in [-0.3, -0.25) is 0 Å². The van der Waals surface area contributed by atoms with Crippen molar-refractivity contribution < 1.29 is 36.2 Å². The molecule has 1 heterocycles. The molecule has 1 N–H and O–H groups in total. The third-order valence-electron chi connectivity index (χ3n) is 2.80. The Morgan fingerprint density at radius 3 is 2.00 bits per heavy atom. The fourth-order valence-electron chi connectivity index (χ4n) is 1.85. The number of hydrogen-bond donors (Lipinski definition) is 1. The van der Waals surface area contributed by atoms with Crippen molar-refractivity contribution in [2.24, 2.45) is 0 Å². The lowest BCUT2D eigenvalue weighted by Crippen LogP contribution is -2.17. The van der Waals surface area contributed by atoms with Gasteiger partial charge in [0.05, 0.1) is 12.3 Å². The monoisotopic (exact) mass is 337 g/mol. The number of aliphatic hydroxyl groups excluding tert-OH is 1. The third kappa shape index (κ3) is 4.35. The Bertz CT molecular complexity index is 679. The van der Waals surface area contributed by atoms with Crippen LogP contribution in [0.4, 0.5) is 26.3 Å². The van der Waals surface area contributed by atoms with Gasteiger partial charge in [-0.15, -0.1) is 13.2 Å². The van der Waals surface area contributed by atoms with Crippen LogP contribution in [-0.4, -0.2) is 16.5 Å². The summed E-state index contributed by atoms with van der Waals surface area (Å²) < 4.78 is 78.4. The molecule has 0 amide bonds. The largest absolute Gasteiger partial charge is 0.573 e. The average molecular weight is 337 g/mol. The zero-order valence-corrected chi connectivity index (χ0v) is 11.2. The van der Waals surface area contributed by atoms with Crippen molar-refractivity contribution in [3.63, 3.8) is 0 Å². The molecular weight excluding hydrogens is 328 g/mol. The van der Waals surface area contributed by atoms with Crippen LogP contribution < -0.4 is 4.74 Å². The zero-order chi connectivity index (χ0) is 17.3. The van der Waals surface area contributed by atoms with Crippen LogP contribution in [0.15, 0.2) is 36.4 Å². The number of pyridine rings is 1. The van der Waals surface area contributed by atoms with Crippen molar-refractivity contribution in [3.05, 3.63) is 47.7 Å². The van der Waals surface area contributed by atoms with E-state index in [-0.39, 0.29) is 11.3 Å². The molecule has 0 aliphatic heterocycles. The number of rotatable bonds is 3. The Kier molecular flexibility index (Phi) is 4.51. The van der Waals surface area contributed by atoms with Crippen LogP contribution in [0.5, 0.6) is 5.75 Å². The van der Waals surface area contributed by atoms with Crippen molar-refractivity contribution in [2.45, 2.75) is 19.1 Å². The minimum absolute atomic E-state index is 0.0897. The molecule has 124 valence electrons. The van der Waals surface area contributed by atoms with E-state index in [2.05, 4.69) is 9.72 Å². The molecule has 2 aromatic rings. The van der Waals surface area contributed by atoms with Gasteiger partial charge >= 0.3 is 12.5 Å². The van der Waals surface area contributed by atoms with Crippen molar-refractivity contribution in [1.82, 2.24) is 4.98 Å². The molecule has 0 radical (unpaired) electrons. The van der Waals surface area contributed by atoms with E-state index >= 15 is 0 Å². The van der Waals surface area contributed by atoms with Gasteiger partial charge < -0.3 is 9.84 Å². The number of aliphatic hydroxyl groups is 1. The van der Waals surface area contributed by atoms with E-state index in [1.807, 2.05) is 0 Å². The SMILES string of the molecule is OCc1ccc(-c2ccc(OC(F)(F)F)cc2)nc1C(F)(F)F. The van der Waals surface area contributed by atoms with Gasteiger partial charge in [-0.25, -0.2) is 4.98 Å². The quantitative estimate of drug-likeness (QED) is 0.856. The normalized spacial score (nSPS) is 12.3. The number of benzene rings is 1. The maximum atomic E-state index is 12.9. The fourth-order valence-corrected chi connectivity index (χ4v) is 1.85. The summed E-state index contributed by atoms with van der Waals surface area (Å²) in [5.41, 5.74) is -1.55. The molecule has 2 rings (SSSR count). The van der Waals surface area contributed by atoms with Crippen LogP contribution in [0.3, 0.4) is 0 Å². The third-order valence-corrected chi connectivity index (χ3v) is 2.80. The second-order valence-electron chi connectivity index (χ2n) is 4.43. The van der Waals surface area contributed by atoms with Gasteiger partial charge in [-0.2, -0.15) is 13.2 Å². The van der Waals surface area contributed by atoms with Crippen LogP contribution in [0.1, 0.15) is 11.3 Å². The van der Waals surface area contributed by atoms with Gasteiger partial charge in [0.1, 0.15) is 5.75 Å². The lowest BCUT2D eigenvalue weighted by Gasteiger charge is -2.13. The van der Waals surface area contributed by atoms with Crippen molar-refractivity contribution in [3.8, 4) is 17.0 Å². The van der Waals surface area contributed by atoms with Gasteiger partial charge in [-0.1, -0.05) is 6.07 Å². The molecule has 0 saturated heterocycles. The molecule has 9 heteroatoms. The summed E-state index contributed by atoms with van der Waals surface area (Å²) in [7, 11) is 0. The van der Waals surface area contributed by atoms with E-state index in [1.165, 1.54) is 6.07 Å². The second-order valence-corrected chi connectivity index (χ2v) is 4.43. The zero-order valence-electron chi connectivity index (χ0n) is 11.2. The molecule has 0 saturated carbocycles. The summed E-state index contributed by atoms with van der Waals surface area (Å²) in [6.45, 7) is -0.833. The molecule has 1 aromatic carbocycles. The lowest BCUT2D eigenvalue weighted by atomic mass is 10.1. The molecule has 23 heavy (non-hydrogen) atoms. The summed E-state index contributed by atoms with van der Waals surface area (Å²) in [4.78, 5) is 3.44. The molecule has 0 unspecified atom stereocenters. The first-order chi connectivity index (χ1) is 10.6. The van der Waals surface area contributed by atoms with E-state index in [1.54, 1.807) is 0 Å². The molecule has 0 atom stereocenters. The summed E-state index contributed by atoms with van der Waals surface area (Å²) >= 11 is 0. The first-order valence-electron chi connectivity index (χ1n) is 6.14. The Morgan fingerprint density at radius 1 is 0.913 bits per heavy atom. The van der Waals surface area contributed by atoms with E-state index in [0.717, 1.165) is 30.3 Å². The number of ether oxygens (including phenoxy) is 1. The second kappa shape index (κ2) is 6.07. The number of halogens is 6. The van der Waals surface area contributed by atoms with Gasteiger partial charge in [0.25, 0.3) is 0 Å². The smallest absolute Gasteiger partial charge is 0.406 e. The van der Waals surface area contributed by atoms with Gasteiger partial charge in [0, 0.05) is 11.1 Å². The Hall–Kier alpha value is -2.29. The molecule has 0 aliphatic rings. The van der Waals surface area contributed by atoms with Crippen LogP contribution >= 0.6 is 0 Å². The average Bonchev–Trinajstić information content (AvgIpc) is 2.45. The van der Waals surface area contributed by atoms with Crippen LogP contribution in [0.2, 0.25) is 0 Å². The number of hydrogen-bond acceptors (Lipinski definition) is 3. The van der Waals surface area contributed by atoms with Crippen LogP contribution in [0.25, 0.3) is 11.3 Å². The highest BCUT2D eigenvalue weighted by atomic mass is 19.4. The first-order valence-corrected chi connectivity index (χ1v) is 6.14. The van der Waals surface area contributed by atoms with E-state index in [0.29, 0.717) is 0 Å². The van der Waals surface area contributed by atoms with Gasteiger partial charge in [0.2, 0.25) is 0 Å². The van der Waals surface area contributed by atoms with Crippen molar-refractivity contribution in [2.75, 3.05) is 0 Å². The molecule has 0 fully saturated rings. The minimum Gasteiger partial charge on any atom is -0.406 e. The Morgan fingerprint density at radius 2 is 1.52 bits per heavy atom. The predicted molar refractivity (Wildman–Crippen MR) is 67.3 cm³/mol. The molecular formula is C14H9F6NO2. The van der Waals surface area contributed by atoms with E-state index < -0.39 is 36.2 Å². The van der Waals surface area contributed by atoms with Crippen molar-refractivity contribution in [1.29, 1.82) is 0 Å². The summed E-state index contributed by atoms with van der Waals surface area (Å²) in [5, 5.41) is 8.92. The molecule has 3 nitrogen and oxygen atoms in total. The number of aromatic nitrogens is 1. The first kappa shape index (κ1) is 17.1. The highest BCUT2D eigenvalue weighted by Gasteiger charge is 2.35. The minimum atomic E-state index is -4.86. The predicted octanol–water partition coefficient (Wildman–Crippen LogP) is 4.16. The highest BCUT2D eigenvalue weighted by Crippen LogP contribution is 2.33. The van der Waals surface area contributed by atoms with Crippen LogP contribution in [-0.2, 0) is 12.8 Å². The lowest BCUT2D eigenvalue weighted by molar-refractivity contribution is -0.274. The number of nitrogens with zero attached hydrogens (tertiary/aromatic N) is 1. The number of alkyl halides is 6. The van der Waals surface area contributed by atoms with Crippen LogP contribution in [0, 0.1) is 0 Å². The molecule has 0 aliphatic carbocycles. The Labute approximate surface area is 126 Å².